The third kappa shape index (κ3) is 4.05. The molecule has 2 aromatic carbocycles. The second-order valence-electron chi connectivity index (χ2n) is 8.00. The predicted octanol–water partition coefficient (Wildman–Crippen LogP) is 4.57. The summed E-state index contributed by atoms with van der Waals surface area (Å²) in [6.45, 7) is 3.04. The van der Waals surface area contributed by atoms with E-state index < -0.39 is 5.91 Å². The van der Waals surface area contributed by atoms with E-state index in [2.05, 4.69) is 9.56 Å². The van der Waals surface area contributed by atoms with E-state index >= 15 is 0 Å². The highest BCUT2D eigenvalue weighted by Crippen LogP contribution is 2.28. The van der Waals surface area contributed by atoms with Gasteiger partial charge in [-0.15, -0.1) is 5.06 Å². The summed E-state index contributed by atoms with van der Waals surface area (Å²) in [5, 5.41) is 10.7. The smallest absolute Gasteiger partial charge is 0.282 e. The number of aromatic nitrogens is 1. The number of amides is 1. The lowest BCUT2D eigenvalue weighted by molar-refractivity contribution is -0.114. The van der Waals surface area contributed by atoms with Gasteiger partial charge in [-0.1, -0.05) is 24.3 Å². The minimum atomic E-state index is -0.450. The van der Waals surface area contributed by atoms with Crippen molar-refractivity contribution in [3.8, 4) is 11.5 Å². The summed E-state index contributed by atoms with van der Waals surface area (Å²) in [5.74, 6) is 1.98. The molecule has 0 fully saturated rings. The Kier molecular flexibility index (Phi) is 5.63. The van der Waals surface area contributed by atoms with E-state index in [0.29, 0.717) is 18.2 Å². The lowest BCUT2D eigenvalue weighted by Gasteiger charge is -2.22. The molecule has 1 aromatic heterocycles. The van der Waals surface area contributed by atoms with Crippen LogP contribution in [0.2, 0.25) is 0 Å². The van der Waals surface area contributed by atoms with Gasteiger partial charge < -0.3 is 18.9 Å². The fourth-order valence-corrected chi connectivity index (χ4v) is 4.05. The van der Waals surface area contributed by atoms with Crippen LogP contribution in [0, 0.1) is 5.41 Å². The maximum absolute atomic E-state index is 12.7. The van der Waals surface area contributed by atoms with Crippen LogP contribution in [0.4, 0.5) is 0 Å². The molecule has 0 saturated heterocycles. The standard InChI is InChI=1S/C26H24N4O4/c1-17-13-24-28-26(31)22(25(27)30(24)34-17)14-18-16-29(23-10-4-3-9-21(18)23)11-6-12-33-20-8-5-7-19(15-20)32-2/h3-5,7-10,13-16,27H,6,11-12H2,1-2H3/b22-14+,27-25?. The molecule has 1 amide bonds. The summed E-state index contributed by atoms with van der Waals surface area (Å²) in [7, 11) is 1.63. The van der Waals surface area contributed by atoms with Gasteiger partial charge in [0.25, 0.3) is 5.91 Å². The highest BCUT2D eigenvalue weighted by atomic mass is 16.7. The molecule has 3 aromatic rings. The summed E-state index contributed by atoms with van der Waals surface area (Å²) in [4.78, 5) is 22.2. The maximum Gasteiger partial charge on any atom is 0.282 e. The van der Waals surface area contributed by atoms with Crippen molar-refractivity contribution in [1.82, 2.24) is 9.63 Å². The Morgan fingerprint density at radius 2 is 1.97 bits per heavy atom. The molecule has 0 bridgehead atoms. The number of para-hydroxylation sites is 1. The van der Waals surface area contributed by atoms with Crippen molar-refractivity contribution in [2.45, 2.75) is 19.9 Å². The van der Waals surface area contributed by atoms with Gasteiger partial charge >= 0.3 is 0 Å². The van der Waals surface area contributed by atoms with Gasteiger partial charge in [-0.2, -0.15) is 4.99 Å². The highest BCUT2D eigenvalue weighted by Gasteiger charge is 2.34. The second kappa shape index (κ2) is 8.90. The topological polar surface area (TPSA) is 89.1 Å². The normalized spacial score (nSPS) is 16.4. The monoisotopic (exact) mass is 456 g/mol. The number of benzene rings is 2. The largest absolute Gasteiger partial charge is 0.497 e. The summed E-state index contributed by atoms with van der Waals surface area (Å²) in [6.07, 6.45) is 6.15. The number of carbonyl (C=O) groups excluding carboxylic acids is 1. The number of aryl methyl sites for hydroxylation is 1. The van der Waals surface area contributed by atoms with Crippen molar-refractivity contribution in [1.29, 1.82) is 5.41 Å². The molecule has 172 valence electrons. The predicted molar refractivity (Wildman–Crippen MR) is 130 cm³/mol. The third-order valence-electron chi connectivity index (χ3n) is 5.65. The minimum Gasteiger partial charge on any atom is -0.497 e. The number of nitrogens with one attached hydrogen (secondary N) is 1. The molecule has 0 atom stereocenters. The fourth-order valence-electron chi connectivity index (χ4n) is 4.05. The number of amidine groups is 2. The molecule has 3 heterocycles. The summed E-state index contributed by atoms with van der Waals surface area (Å²) < 4.78 is 13.2. The lowest BCUT2D eigenvalue weighted by Crippen LogP contribution is -2.38. The zero-order valence-corrected chi connectivity index (χ0v) is 18.9. The van der Waals surface area contributed by atoms with Gasteiger partial charge in [-0.25, -0.2) is 0 Å². The number of fused-ring (bicyclic) bond motifs is 2. The first-order chi connectivity index (χ1) is 16.5. The molecule has 0 spiro atoms. The zero-order chi connectivity index (χ0) is 23.7. The molecule has 0 unspecified atom stereocenters. The number of allylic oxidation sites excluding steroid dienone is 1. The molecule has 0 aliphatic carbocycles. The van der Waals surface area contributed by atoms with Gasteiger partial charge in [0, 0.05) is 41.4 Å². The van der Waals surface area contributed by atoms with Gasteiger partial charge in [0.2, 0.25) is 0 Å². The molecule has 1 N–H and O–H groups in total. The van der Waals surface area contributed by atoms with Crippen molar-refractivity contribution in [3.05, 3.63) is 77.7 Å². The van der Waals surface area contributed by atoms with Gasteiger partial charge in [0.15, 0.2) is 11.7 Å². The molecule has 0 saturated carbocycles. The minimum absolute atomic E-state index is 0.0216. The Morgan fingerprint density at radius 3 is 2.82 bits per heavy atom. The Balaban J connectivity index is 1.35. The molecule has 5 rings (SSSR count). The van der Waals surface area contributed by atoms with E-state index in [1.165, 1.54) is 5.06 Å². The van der Waals surface area contributed by atoms with Crippen LogP contribution in [0.15, 0.2) is 77.1 Å². The molecule has 8 nitrogen and oxygen atoms in total. The van der Waals surface area contributed by atoms with Crippen LogP contribution in [-0.4, -0.2) is 40.9 Å². The average molecular weight is 457 g/mol. The second-order valence-corrected chi connectivity index (χ2v) is 8.00. The number of hydroxylamine groups is 2. The summed E-state index contributed by atoms with van der Waals surface area (Å²) in [5.41, 5.74) is 2.08. The first kappa shape index (κ1) is 21.5. The van der Waals surface area contributed by atoms with Crippen LogP contribution < -0.4 is 9.47 Å². The summed E-state index contributed by atoms with van der Waals surface area (Å²) in [6, 6.07) is 15.5. The van der Waals surface area contributed by atoms with Gasteiger partial charge in [-0.3, -0.25) is 10.2 Å². The van der Waals surface area contributed by atoms with Crippen LogP contribution in [0.25, 0.3) is 17.0 Å². The first-order valence-corrected chi connectivity index (χ1v) is 11.0. The van der Waals surface area contributed by atoms with Gasteiger partial charge in [-0.05, 0) is 37.6 Å². The molecule has 8 heteroatoms. The Bertz CT molecular complexity index is 1380. The molecule has 2 aliphatic heterocycles. The van der Waals surface area contributed by atoms with Crippen molar-refractivity contribution in [2.75, 3.05) is 13.7 Å². The summed E-state index contributed by atoms with van der Waals surface area (Å²) >= 11 is 0. The number of ether oxygens (including phenoxy) is 2. The first-order valence-electron chi connectivity index (χ1n) is 11.0. The Morgan fingerprint density at radius 1 is 1.15 bits per heavy atom. The van der Waals surface area contributed by atoms with Crippen LogP contribution in [0.5, 0.6) is 11.5 Å². The molecular weight excluding hydrogens is 432 g/mol. The number of aliphatic imine (C=N–C) groups is 1. The molecule has 0 radical (unpaired) electrons. The van der Waals surface area contributed by atoms with E-state index in [4.69, 9.17) is 19.7 Å². The molecule has 34 heavy (non-hydrogen) atoms. The quantitative estimate of drug-likeness (QED) is 0.416. The third-order valence-corrected chi connectivity index (χ3v) is 5.65. The van der Waals surface area contributed by atoms with Gasteiger partial charge in [0.1, 0.15) is 17.3 Å². The Hall–Kier alpha value is -4.33. The van der Waals surface area contributed by atoms with Crippen molar-refractivity contribution in [2.24, 2.45) is 4.99 Å². The number of carbonyl (C=O) groups is 1. The Labute approximate surface area is 196 Å². The van der Waals surface area contributed by atoms with E-state index in [-0.39, 0.29) is 11.4 Å². The van der Waals surface area contributed by atoms with Gasteiger partial charge in [0.05, 0.1) is 19.3 Å². The SMILES string of the molecule is COc1cccc(OCCCn2cc(/C=C3\C(=N)N4OC(C)=CC4=NC3=O)c3ccccc32)c1. The van der Waals surface area contributed by atoms with Crippen LogP contribution in [-0.2, 0) is 16.2 Å². The van der Waals surface area contributed by atoms with Crippen LogP contribution in [0.1, 0.15) is 18.9 Å². The molecular formula is C26H24N4O4. The van der Waals surface area contributed by atoms with Crippen LogP contribution in [0.3, 0.4) is 0 Å². The van der Waals surface area contributed by atoms with E-state index in [1.54, 1.807) is 26.2 Å². The van der Waals surface area contributed by atoms with Crippen molar-refractivity contribution >= 4 is 34.6 Å². The lowest BCUT2D eigenvalue weighted by atomic mass is 10.1. The molecule has 2 aliphatic rings. The fraction of sp³-hybridized carbons (Fsp3) is 0.192. The number of nitrogens with zero attached hydrogens (tertiary/aromatic N) is 3. The average Bonchev–Trinajstić information content (AvgIpc) is 3.39. The van der Waals surface area contributed by atoms with Crippen molar-refractivity contribution in [3.63, 3.8) is 0 Å². The van der Waals surface area contributed by atoms with E-state index in [9.17, 15) is 4.79 Å². The number of hydrogen-bond acceptors (Lipinski definition) is 5. The maximum atomic E-state index is 12.7. The number of methoxy groups -OCH3 is 1. The van der Waals surface area contributed by atoms with Crippen molar-refractivity contribution < 1.29 is 19.1 Å². The number of rotatable bonds is 7. The van der Waals surface area contributed by atoms with E-state index in [1.807, 2.05) is 54.7 Å². The van der Waals surface area contributed by atoms with E-state index in [0.717, 1.165) is 40.9 Å². The highest BCUT2D eigenvalue weighted by molar-refractivity contribution is 6.32. The zero-order valence-electron chi connectivity index (χ0n) is 18.9. The number of hydrogen-bond donors (Lipinski definition) is 1. The van der Waals surface area contributed by atoms with Crippen LogP contribution >= 0.6 is 0 Å².